The summed E-state index contributed by atoms with van der Waals surface area (Å²) in [6.07, 6.45) is 3.45. The van der Waals surface area contributed by atoms with Crippen molar-refractivity contribution in [3.05, 3.63) is 108 Å². The first-order chi connectivity index (χ1) is 19.1. The molecule has 39 heavy (non-hydrogen) atoms. The Morgan fingerprint density at radius 3 is 2.18 bits per heavy atom. The highest BCUT2D eigenvalue weighted by Gasteiger charge is 2.42. The Balaban J connectivity index is 1.57. The molecule has 3 aromatic carbocycles. The summed E-state index contributed by atoms with van der Waals surface area (Å²) in [6.45, 7) is 3.78. The average molecular weight is 525 g/mol. The Morgan fingerprint density at radius 2 is 1.51 bits per heavy atom. The standard InChI is InChI=1S/C33H40N4O2/c1-2-33(36-25-22-27-14-7-4-8-15-27,39-31-20-19-28-16-9-10-17-29(28)37-31)32(38)30(18-11-23-34)35-24-21-26-12-5-3-6-13-26/h3-10,12-17,19-20,30,35-36H,2,11,18,21-25,34H2,1H3/t30-,33?/m1/s1. The topological polar surface area (TPSA) is 89.3 Å². The number of rotatable bonds is 16. The molecule has 1 aromatic heterocycles. The molecule has 4 N–H and O–H groups in total. The van der Waals surface area contributed by atoms with Gasteiger partial charge in [0, 0.05) is 24.4 Å². The van der Waals surface area contributed by atoms with E-state index < -0.39 is 11.8 Å². The fourth-order valence-corrected chi connectivity index (χ4v) is 4.85. The number of nitrogens with two attached hydrogens (primary N) is 1. The summed E-state index contributed by atoms with van der Waals surface area (Å²) >= 11 is 0. The minimum atomic E-state index is -1.23. The number of ether oxygens (including phenoxy) is 1. The first kappa shape index (κ1) is 28.4. The molecular formula is C33H40N4O2. The summed E-state index contributed by atoms with van der Waals surface area (Å²) in [5.41, 5.74) is 7.89. The second-order valence-corrected chi connectivity index (χ2v) is 9.82. The van der Waals surface area contributed by atoms with Crippen LogP contribution in [0.2, 0.25) is 0 Å². The molecule has 1 unspecified atom stereocenters. The molecule has 0 spiro atoms. The number of pyridine rings is 1. The van der Waals surface area contributed by atoms with Gasteiger partial charge in [-0.05, 0) is 62.0 Å². The Kier molecular flexibility index (Phi) is 10.6. The van der Waals surface area contributed by atoms with E-state index in [9.17, 15) is 4.79 Å². The van der Waals surface area contributed by atoms with Gasteiger partial charge < -0.3 is 15.8 Å². The Hall–Kier alpha value is -3.58. The van der Waals surface area contributed by atoms with E-state index >= 15 is 0 Å². The third-order valence-corrected chi connectivity index (χ3v) is 7.08. The van der Waals surface area contributed by atoms with E-state index in [1.807, 2.05) is 79.7 Å². The van der Waals surface area contributed by atoms with E-state index in [4.69, 9.17) is 15.5 Å². The molecule has 0 fully saturated rings. The van der Waals surface area contributed by atoms with Gasteiger partial charge in [-0.1, -0.05) is 85.8 Å². The molecule has 0 aliphatic carbocycles. The van der Waals surface area contributed by atoms with Crippen LogP contribution in [0.3, 0.4) is 0 Å². The summed E-state index contributed by atoms with van der Waals surface area (Å²) < 4.78 is 6.54. The minimum Gasteiger partial charge on any atom is -0.448 e. The molecule has 6 nitrogen and oxygen atoms in total. The fourth-order valence-electron chi connectivity index (χ4n) is 4.85. The molecule has 0 aliphatic rings. The van der Waals surface area contributed by atoms with Gasteiger partial charge in [-0.2, -0.15) is 0 Å². The number of benzene rings is 3. The maximum absolute atomic E-state index is 14.3. The van der Waals surface area contributed by atoms with Gasteiger partial charge in [0.2, 0.25) is 17.4 Å². The normalized spacial score (nSPS) is 13.6. The van der Waals surface area contributed by atoms with Gasteiger partial charge in [0.1, 0.15) is 0 Å². The number of para-hydroxylation sites is 1. The van der Waals surface area contributed by atoms with Gasteiger partial charge in [0.15, 0.2) is 0 Å². The lowest BCUT2D eigenvalue weighted by Gasteiger charge is -2.36. The van der Waals surface area contributed by atoms with E-state index in [0.717, 1.165) is 30.2 Å². The van der Waals surface area contributed by atoms with Crippen LogP contribution in [0.4, 0.5) is 0 Å². The highest BCUT2D eigenvalue weighted by atomic mass is 16.5. The molecule has 0 saturated heterocycles. The molecule has 0 aliphatic heterocycles. The van der Waals surface area contributed by atoms with Crippen molar-refractivity contribution in [1.82, 2.24) is 15.6 Å². The lowest BCUT2D eigenvalue weighted by molar-refractivity contribution is -0.141. The lowest BCUT2D eigenvalue weighted by Crippen LogP contribution is -2.62. The van der Waals surface area contributed by atoms with Crippen LogP contribution in [0.1, 0.15) is 37.3 Å². The summed E-state index contributed by atoms with van der Waals surface area (Å²) in [7, 11) is 0. The number of hydrogen-bond acceptors (Lipinski definition) is 6. The molecule has 4 rings (SSSR count). The van der Waals surface area contributed by atoms with Crippen molar-refractivity contribution in [3.8, 4) is 5.88 Å². The number of hydrogen-bond donors (Lipinski definition) is 3. The SMILES string of the molecule is CCC(NCCc1ccccc1)(Oc1ccc2ccccc2n1)C(=O)[C@@H](CCCN)NCCc1ccccc1. The molecule has 0 amide bonds. The Morgan fingerprint density at radius 1 is 0.872 bits per heavy atom. The van der Waals surface area contributed by atoms with Crippen LogP contribution in [0.25, 0.3) is 10.9 Å². The zero-order valence-corrected chi connectivity index (χ0v) is 22.8. The number of carbonyl (C=O) groups is 1. The number of Topliss-reactive ketones (excluding diaryl/α,β-unsaturated/α-hetero) is 1. The van der Waals surface area contributed by atoms with Gasteiger partial charge in [0.25, 0.3) is 0 Å². The van der Waals surface area contributed by atoms with Crippen molar-refractivity contribution in [2.75, 3.05) is 19.6 Å². The minimum absolute atomic E-state index is 0.0190. The van der Waals surface area contributed by atoms with Gasteiger partial charge in [-0.15, -0.1) is 0 Å². The predicted octanol–water partition coefficient (Wildman–Crippen LogP) is 5.06. The summed E-state index contributed by atoms with van der Waals surface area (Å²) in [6, 6.07) is 31.9. The van der Waals surface area contributed by atoms with E-state index in [0.29, 0.717) is 38.4 Å². The van der Waals surface area contributed by atoms with Crippen molar-refractivity contribution < 1.29 is 9.53 Å². The number of nitrogens with one attached hydrogen (secondary N) is 2. The maximum Gasteiger partial charge on any atom is 0.223 e. The number of ketones is 1. The van der Waals surface area contributed by atoms with Crippen molar-refractivity contribution in [3.63, 3.8) is 0 Å². The van der Waals surface area contributed by atoms with Gasteiger partial charge in [-0.3, -0.25) is 10.1 Å². The van der Waals surface area contributed by atoms with Crippen LogP contribution in [0, 0.1) is 0 Å². The van der Waals surface area contributed by atoms with E-state index in [1.165, 1.54) is 11.1 Å². The molecule has 204 valence electrons. The molecule has 6 heteroatoms. The highest BCUT2D eigenvalue weighted by Crippen LogP contribution is 2.24. The second-order valence-electron chi connectivity index (χ2n) is 9.82. The zero-order chi connectivity index (χ0) is 27.3. The summed E-state index contributed by atoms with van der Waals surface area (Å²) in [4.78, 5) is 19.1. The molecule has 2 atom stereocenters. The molecule has 1 heterocycles. The number of nitrogens with zero attached hydrogens (tertiary/aromatic N) is 1. The van der Waals surface area contributed by atoms with Gasteiger partial charge in [-0.25, -0.2) is 4.98 Å². The van der Waals surface area contributed by atoms with Crippen molar-refractivity contribution in [2.45, 2.75) is 50.8 Å². The molecule has 0 bridgehead atoms. The van der Waals surface area contributed by atoms with Crippen molar-refractivity contribution >= 4 is 16.7 Å². The third-order valence-electron chi connectivity index (χ3n) is 7.08. The fraction of sp³-hybridized carbons (Fsp3) is 0.333. The maximum atomic E-state index is 14.3. The van der Waals surface area contributed by atoms with Crippen LogP contribution in [0.5, 0.6) is 5.88 Å². The van der Waals surface area contributed by atoms with Crippen LogP contribution < -0.4 is 21.1 Å². The molecule has 0 saturated carbocycles. The first-order valence-electron chi connectivity index (χ1n) is 14.0. The lowest BCUT2D eigenvalue weighted by atomic mass is 9.94. The smallest absolute Gasteiger partial charge is 0.223 e. The second kappa shape index (κ2) is 14.5. The molecule has 4 aromatic rings. The number of carbonyl (C=O) groups excluding carboxylic acids is 1. The van der Waals surface area contributed by atoms with Crippen LogP contribution in [-0.4, -0.2) is 42.2 Å². The summed E-state index contributed by atoms with van der Waals surface area (Å²) in [5, 5.41) is 8.06. The van der Waals surface area contributed by atoms with Gasteiger partial charge >= 0.3 is 0 Å². The quantitative estimate of drug-likeness (QED) is 0.178. The van der Waals surface area contributed by atoms with E-state index in [2.05, 4.69) is 34.9 Å². The van der Waals surface area contributed by atoms with Crippen LogP contribution in [0.15, 0.2) is 97.1 Å². The monoisotopic (exact) mass is 524 g/mol. The van der Waals surface area contributed by atoms with Gasteiger partial charge in [0.05, 0.1) is 11.6 Å². The number of fused-ring (bicyclic) bond motifs is 1. The number of aromatic nitrogens is 1. The third kappa shape index (κ3) is 7.96. The summed E-state index contributed by atoms with van der Waals surface area (Å²) in [5.74, 6) is 0.410. The molecule has 0 radical (unpaired) electrons. The van der Waals surface area contributed by atoms with Crippen LogP contribution in [-0.2, 0) is 17.6 Å². The molecular weight excluding hydrogens is 484 g/mol. The van der Waals surface area contributed by atoms with E-state index in [1.54, 1.807) is 0 Å². The largest absolute Gasteiger partial charge is 0.448 e. The van der Waals surface area contributed by atoms with Crippen molar-refractivity contribution in [2.24, 2.45) is 5.73 Å². The average Bonchev–Trinajstić information content (AvgIpc) is 2.99. The Bertz CT molecular complexity index is 1300. The predicted molar refractivity (Wildman–Crippen MR) is 159 cm³/mol. The highest BCUT2D eigenvalue weighted by molar-refractivity contribution is 5.92. The zero-order valence-electron chi connectivity index (χ0n) is 22.8. The van der Waals surface area contributed by atoms with E-state index in [-0.39, 0.29) is 5.78 Å². The first-order valence-corrected chi connectivity index (χ1v) is 14.0. The van der Waals surface area contributed by atoms with Crippen LogP contribution >= 0.6 is 0 Å². The Labute approximate surface area is 232 Å². The van der Waals surface area contributed by atoms with Crippen molar-refractivity contribution in [1.29, 1.82) is 0 Å².